The molecular weight excluding hydrogens is 364 g/mol. The lowest BCUT2D eigenvalue weighted by molar-refractivity contribution is -0.130. The lowest BCUT2D eigenvalue weighted by atomic mass is 9.90. The molecular formula is C23H32N4O2. The van der Waals surface area contributed by atoms with Crippen LogP contribution in [0.5, 0.6) is 0 Å². The van der Waals surface area contributed by atoms with E-state index in [-0.39, 0.29) is 11.8 Å². The molecule has 1 fully saturated rings. The number of nitrogens with one attached hydrogen (secondary N) is 1. The minimum atomic E-state index is -0.0608. The van der Waals surface area contributed by atoms with Crippen molar-refractivity contribution >= 4 is 11.8 Å². The molecule has 2 aromatic rings. The maximum Gasteiger partial charge on any atom is 0.251 e. The van der Waals surface area contributed by atoms with E-state index in [1.165, 1.54) is 5.56 Å². The third-order valence-electron chi connectivity index (χ3n) is 6.06. The molecule has 0 spiro atoms. The van der Waals surface area contributed by atoms with Gasteiger partial charge in [0.2, 0.25) is 5.91 Å². The van der Waals surface area contributed by atoms with Crippen LogP contribution in [0, 0.1) is 19.8 Å². The summed E-state index contributed by atoms with van der Waals surface area (Å²) in [6.07, 6.45) is 3.10. The van der Waals surface area contributed by atoms with Crippen LogP contribution in [0.4, 0.5) is 0 Å². The van der Waals surface area contributed by atoms with Crippen LogP contribution in [0.25, 0.3) is 0 Å². The minimum absolute atomic E-state index is 0.0608. The van der Waals surface area contributed by atoms with Gasteiger partial charge in [0.05, 0.1) is 5.69 Å². The Bertz CT molecular complexity index is 862. The van der Waals surface area contributed by atoms with E-state index in [1.807, 2.05) is 35.6 Å². The number of carbonyl (C=O) groups excluding carboxylic acids is 2. The van der Waals surface area contributed by atoms with E-state index >= 15 is 0 Å². The summed E-state index contributed by atoms with van der Waals surface area (Å²) in [6.45, 7) is 10.8. The van der Waals surface area contributed by atoms with Crippen molar-refractivity contribution in [1.82, 2.24) is 20.0 Å². The van der Waals surface area contributed by atoms with Gasteiger partial charge in [-0.2, -0.15) is 5.10 Å². The van der Waals surface area contributed by atoms with Crippen molar-refractivity contribution in [3.8, 4) is 0 Å². The van der Waals surface area contributed by atoms with Gasteiger partial charge < -0.3 is 10.2 Å². The van der Waals surface area contributed by atoms with Gasteiger partial charge in [0.25, 0.3) is 5.91 Å². The van der Waals surface area contributed by atoms with Gasteiger partial charge >= 0.3 is 0 Å². The fourth-order valence-corrected chi connectivity index (χ4v) is 4.15. The van der Waals surface area contributed by atoms with Crippen LogP contribution in [-0.4, -0.2) is 39.6 Å². The number of piperidine rings is 1. The largest absolute Gasteiger partial charge is 0.348 e. The Labute approximate surface area is 173 Å². The van der Waals surface area contributed by atoms with Crippen molar-refractivity contribution < 1.29 is 9.59 Å². The van der Waals surface area contributed by atoms with E-state index in [0.29, 0.717) is 18.0 Å². The Kier molecular flexibility index (Phi) is 6.72. The van der Waals surface area contributed by atoms with Crippen LogP contribution < -0.4 is 5.32 Å². The molecule has 0 unspecified atom stereocenters. The number of amides is 2. The highest BCUT2D eigenvalue weighted by atomic mass is 16.2. The minimum Gasteiger partial charge on any atom is -0.348 e. The van der Waals surface area contributed by atoms with Crippen LogP contribution in [0.3, 0.4) is 0 Å². The third-order valence-corrected chi connectivity index (χ3v) is 6.06. The van der Waals surface area contributed by atoms with Gasteiger partial charge in [-0.15, -0.1) is 0 Å². The van der Waals surface area contributed by atoms with Gasteiger partial charge in [-0.1, -0.05) is 12.1 Å². The highest BCUT2D eigenvalue weighted by Gasteiger charge is 2.21. The number of aromatic nitrogens is 2. The number of aryl methyl sites for hydroxylation is 2. The molecule has 1 aliphatic rings. The molecule has 2 heterocycles. The quantitative estimate of drug-likeness (QED) is 0.815. The highest BCUT2D eigenvalue weighted by molar-refractivity contribution is 5.94. The SMILES string of the molecule is CCn1nc(C)c(CNC(=O)c2ccc(CC3CCN(C(C)=O)CC3)cc2)c1C. The van der Waals surface area contributed by atoms with Crippen molar-refractivity contribution in [1.29, 1.82) is 0 Å². The fraction of sp³-hybridized carbons (Fsp3) is 0.522. The number of likely N-dealkylation sites (tertiary alicyclic amines) is 1. The summed E-state index contributed by atoms with van der Waals surface area (Å²) in [6, 6.07) is 7.92. The number of hydrogen-bond donors (Lipinski definition) is 1. The smallest absolute Gasteiger partial charge is 0.251 e. The molecule has 1 aromatic heterocycles. The Morgan fingerprint density at radius 2 is 1.79 bits per heavy atom. The van der Waals surface area contributed by atoms with Crippen LogP contribution in [0.2, 0.25) is 0 Å². The standard InChI is InChI=1S/C23H32N4O2/c1-5-27-17(3)22(16(2)25-27)15-24-23(29)21-8-6-19(7-9-21)14-20-10-12-26(13-11-20)18(4)28/h6-9,20H,5,10-15H2,1-4H3,(H,24,29). The monoisotopic (exact) mass is 396 g/mol. The second kappa shape index (κ2) is 9.25. The molecule has 0 atom stereocenters. The van der Waals surface area contributed by atoms with Gasteiger partial charge in [0, 0.05) is 49.9 Å². The molecule has 2 amide bonds. The zero-order valence-electron chi connectivity index (χ0n) is 18.0. The zero-order valence-corrected chi connectivity index (χ0v) is 18.0. The summed E-state index contributed by atoms with van der Waals surface area (Å²) in [5.41, 5.74) is 5.10. The molecule has 1 aliphatic heterocycles. The fourth-order valence-electron chi connectivity index (χ4n) is 4.15. The predicted octanol–water partition coefficient (Wildman–Crippen LogP) is 3.25. The second-order valence-corrected chi connectivity index (χ2v) is 8.00. The number of hydrogen-bond acceptors (Lipinski definition) is 3. The molecule has 1 saturated heterocycles. The maximum atomic E-state index is 12.5. The van der Waals surface area contributed by atoms with Crippen LogP contribution in [0.15, 0.2) is 24.3 Å². The summed E-state index contributed by atoms with van der Waals surface area (Å²) in [7, 11) is 0. The molecule has 0 bridgehead atoms. The van der Waals surface area contributed by atoms with Crippen LogP contribution in [-0.2, 0) is 24.3 Å². The van der Waals surface area contributed by atoms with Gasteiger partial charge in [-0.25, -0.2) is 0 Å². The highest BCUT2D eigenvalue weighted by Crippen LogP contribution is 2.22. The first-order valence-corrected chi connectivity index (χ1v) is 10.5. The van der Waals surface area contributed by atoms with Crippen molar-refractivity contribution in [3.05, 3.63) is 52.3 Å². The molecule has 29 heavy (non-hydrogen) atoms. The van der Waals surface area contributed by atoms with Crippen molar-refractivity contribution in [2.45, 2.75) is 60.0 Å². The number of nitrogens with zero attached hydrogens (tertiary/aromatic N) is 3. The number of benzene rings is 1. The predicted molar refractivity (Wildman–Crippen MR) is 114 cm³/mol. The number of rotatable bonds is 6. The normalized spacial score (nSPS) is 14.8. The first kappa shape index (κ1) is 21.1. The topological polar surface area (TPSA) is 67.2 Å². The van der Waals surface area contributed by atoms with Crippen molar-refractivity contribution in [2.24, 2.45) is 5.92 Å². The molecule has 1 N–H and O–H groups in total. The van der Waals surface area contributed by atoms with E-state index in [9.17, 15) is 9.59 Å². The van der Waals surface area contributed by atoms with Gasteiger partial charge in [0.15, 0.2) is 0 Å². The van der Waals surface area contributed by atoms with Crippen LogP contribution in [0.1, 0.15) is 59.6 Å². The van der Waals surface area contributed by atoms with Crippen molar-refractivity contribution in [2.75, 3.05) is 13.1 Å². The van der Waals surface area contributed by atoms with E-state index in [1.54, 1.807) is 6.92 Å². The Morgan fingerprint density at radius 1 is 1.14 bits per heavy atom. The van der Waals surface area contributed by atoms with Gasteiger partial charge in [-0.3, -0.25) is 14.3 Å². The molecule has 3 rings (SSSR count). The first-order chi connectivity index (χ1) is 13.9. The Balaban J connectivity index is 1.53. The maximum absolute atomic E-state index is 12.5. The second-order valence-electron chi connectivity index (χ2n) is 8.00. The van der Waals surface area contributed by atoms with Gasteiger partial charge in [-0.05, 0) is 63.6 Å². The molecule has 156 valence electrons. The average Bonchev–Trinajstić information content (AvgIpc) is 3.00. The lowest BCUT2D eigenvalue weighted by Gasteiger charge is -2.31. The summed E-state index contributed by atoms with van der Waals surface area (Å²) < 4.78 is 1.96. The van der Waals surface area contributed by atoms with Crippen LogP contribution >= 0.6 is 0 Å². The first-order valence-electron chi connectivity index (χ1n) is 10.5. The third kappa shape index (κ3) is 5.05. The molecule has 0 radical (unpaired) electrons. The van der Waals surface area contributed by atoms with E-state index in [0.717, 1.165) is 55.8 Å². The summed E-state index contributed by atoms with van der Waals surface area (Å²) in [5, 5.41) is 7.53. The van der Waals surface area contributed by atoms with Gasteiger partial charge in [0.1, 0.15) is 0 Å². The zero-order chi connectivity index (χ0) is 21.0. The van der Waals surface area contributed by atoms with E-state index in [2.05, 4.69) is 29.5 Å². The molecule has 6 heteroatoms. The summed E-state index contributed by atoms with van der Waals surface area (Å²) in [5.74, 6) is 0.715. The summed E-state index contributed by atoms with van der Waals surface area (Å²) >= 11 is 0. The molecule has 0 aliphatic carbocycles. The molecule has 0 saturated carbocycles. The van der Waals surface area contributed by atoms with E-state index < -0.39 is 0 Å². The van der Waals surface area contributed by atoms with E-state index in [4.69, 9.17) is 0 Å². The lowest BCUT2D eigenvalue weighted by Crippen LogP contribution is -2.37. The Hall–Kier alpha value is -2.63. The average molecular weight is 397 g/mol. The number of carbonyl (C=O) groups is 2. The molecule has 6 nitrogen and oxygen atoms in total. The molecule has 1 aromatic carbocycles. The Morgan fingerprint density at radius 3 is 2.34 bits per heavy atom. The van der Waals surface area contributed by atoms with Crippen molar-refractivity contribution in [3.63, 3.8) is 0 Å². The summed E-state index contributed by atoms with van der Waals surface area (Å²) in [4.78, 5) is 25.9.